The standard InChI is InChI=1S/C18H17N3O6S/c22-17-8-18(23)21-14-7-12(5-6-13(14)20-17)28(24,25)19-9-11-10-26-15-3-1-2-4-16(15)27-11/h1-7,11,19H,8-10H2,(H,20,22)(H,21,23). The molecule has 0 bridgehead atoms. The van der Waals surface area contributed by atoms with Crippen LogP contribution in [0.4, 0.5) is 11.4 Å². The first-order valence-electron chi connectivity index (χ1n) is 8.52. The van der Waals surface area contributed by atoms with E-state index in [2.05, 4.69) is 15.4 Å². The Bertz CT molecular complexity index is 1050. The van der Waals surface area contributed by atoms with Gasteiger partial charge in [0.15, 0.2) is 11.5 Å². The van der Waals surface area contributed by atoms with Crippen LogP contribution < -0.4 is 24.8 Å². The van der Waals surface area contributed by atoms with Crippen LogP contribution in [0, 0.1) is 0 Å². The summed E-state index contributed by atoms with van der Waals surface area (Å²) in [5.41, 5.74) is 0.570. The van der Waals surface area contributed by atoms with Crippen molar-refractivity contribution in [3.8, 4) is 11.5 Å². The van der Waals surface area contributed by atoms with E-state index >= 15 is 0 Å². The fourth-order valence-corrected chi connectivity index (χ4v) is 3.98. The second-order valence-corrected chi connectivity index (χ2v) is 8.10. The average molecular weight is 403 g/mol. The van der Waals surface area contributed by atoms with Gasteiger partial charge in [0.2, 0.25) is 21.8 Å². The minimum Gasteiger partial charge on any atom is -0.486 e. The molecule has 28 heavy (non-hydrogen) atoms. The molecule has 9 nitrogen and oxygen atoms in total. The number of anilines is 2. The molecule has 2 aromatic rings. The summed E-state index contributed by atoms with van der Waals surface area (Å²) in [6.45, 7) is 0.225. The summed E-state index contributed by atoms with van der Waals surface area (Å²) in [5, 5.41) is 5.07. The molecule has 4 rings (SSSR count). The van der Waals surface area contributed by atoms with Crippen molar-refractivity contribution in [2.45, 2.75) is 17.4 Å². The largest absolute Gasteiger partial charge is 0.486 e. The highest BCUT2D eigenvalue weighted by molar-refractivity contribution is 7.89. The predicted molar refractivity (Wildman–Crippen MR) is 99.9 cm³/mol. The van der Waals surface area contributed by atoms with Crippen molar-refractivity contribution in [2.75, 3.05) is 23.8 Å². The number of ether oxygens (including phenoxy) is 2. The first-order chi connectivity index (χ1) is 13.4. The maximum Gasteiger partial charge on any atom is 0.240 e. The summed E-state index contributed by atoms with van der Waals surface area (Å²) in [4.78, 5) is 23.2. The smallest absolute Gasteiger partial charge is 0.240 e. The second-order valence-electron chi connectivity index (χ2n) is 6.33. The lowest BCUT2D eigenvalue weighted by Crippen LogP contribution is -2.40. The number of benzene rings is 2. The van der Waals surface area contributed by atoms with E-state index in [0.29, 0.717) is 17.2 Å². The van der Waals surface area contributed by atoms with Gasteiger partial charge in [-0.15, -0.1) is 0 Å². The molecule has 2 aromatic carbocycles. The Morgan fingerprint density at radius 2 is 1.71 bits per heavy atom. The molecule has 10 heteroatoms. The Balaban J connectivity index is 1.47. The van der Waals surface area contributed by atoms with E-state index in [-0.39, 0.29) is 30.2 Å². The SMILES string of the molecule is O=C1CC(=O)Nc2cc(S(=O)(=O)NCC3COc4ccccc4O3)ccc2N1. The van der Waals surface area contributed by atoms with E-state index in [4.69, 9.17) is 9.47 Å². The van der Waals surface area contributed by atoms with Crippen LogP contribution in [0.2, 0.25) is 0 Å². The molecule has 2 heterocycles. The summed E-state index contributed by atoms with van der Waals surface area (Å²) in [6, 6.07) is 11.2. The molecular formula is C18H17N3O6S. The average Bonchev–Trinajstić information content (AvgIpc) is 2.81. The Hall–Kier alpha value is -3.11. The van der Waals surface area contributed by atoms with Crippen LogP contribution in [0.1, 0.15) is 6.42 Å². The molecule has 2 aliphatic rings. The van der Waals surface area contributed by atoms with E-state index in [1.54, 1.807) is 18.2 Å². The summed E-state index contributed by atoms with van der Waals surface area (Å²) in [5.74, 6) is 0.205. The summed E-state index contributed by atoms with van der Waals surface area (Å²) in [7, 11) is -3.86. The van der Waals surface area contributed by atoms with E-state index in [1.807, 2.05) is 6.07 Å². The number of fused-ring (bicyclic) bond motifs is 2. The van der Waals surface area contributed by atoms with Gasteiger partial charge >= 0.3 is 0 Å². The van der Waals surface area contributed by atoms with Crippen molar-refractivity contribution in [1.82, 2.24) is 4.72 Å². The van der Waals surface area contributed by atoms with Gasteiger partial charge < -0.3 is 20.1 Å². The van der Waals surface area contributed by atoms with Crippen LogP contribution >= 0.6 is 0 Å². The van der Waals surface area contributed by atoms with Crippen molar-refractivity contribution in [3.63, 3.8) is 0 Å². The number of nitrogens with one attached hydrogen (secondary N) is 3. The molecular weight excluding hydrogens is 386 g/mol. The predicted octanol–water partition coefficient (Wildman–Crippen LogP) is 1.09. The monoisotopic (exact) mass is 403 g/mol. The third-order valence-electron chi connectivity index (χ3n) is 4.24. The highest BCUT2D eigenvalue weighted by Gasteiger charge is 2.25. The molecule has 0 spiro atoms. The first kappa shape index (κ1) is 18.3. The minimum absolute atomic E-state index is 0.0108. The summed E-state index contributed by atoms with van der Waals surface area (Å²) < 4.78 is 39.1. The topological polar surface area (TPSA) is 123 Å². The van der Waals surface area contributed by atoms with Gasteiger partial charge in [-0.25, -0.2) is 13.1 Å². The Kier molecular flexibility index (Phi) is 4.65. The van der Waals surface area contributed by atoms with Gasteiger partial charge in [-0.3, -0.25) is 9.59 Å². The summed E-state index contributed by atoms with van der Waals surface area (Å²) >= 11 is 0. The lowest BCUT2D eigenvalue weighted by Gasteiger charge is -2.26. The molecule has 2 aliphatic heterocycles. The minimum atomic E-state index is -3.86. The first-order valence-corrected chi connectivity index (χ1v) is 10.0. The van der Waals surface area contributed by atoms with Crippen LogP contribution in [-0.4, -0.2) is 39.5 Å². The molecule has 3 N–H and O–H groups in total. The number of para-hydroxylation sites is 2. The van der Waals surface area contributed by atoms with Gasteiger partial charge in [0.1, 0.15) is 19.1 Å². The third kappa shape index (κ3) is 3.78. The molecule has 0 saturated carbocycles. The van der Waals surface area contributed by atoms with Crippen LogP contribution in [0.25, 0.3) is 0 Å². The Labute approximate surface area is 161 Å². The summed E-state index contributed by atoms with van der Waals surface area (Å²) in [6.07, 6.45) is -0.806. The van der Waals surface area contributed by atoms with Gasteiger partial charge in [0.05, 0.1) is 22.8 Å². The highest BCUT2D eigenvalue weighted by Crippen LogP contribution is 2.31. The second kappa shape index (κ2) is 7.13. The van der Waals surface area contributed by atoms with E-state index < -0.39 is 27.9 Å². The quantitative estimate of drug-likeness (QED) is 0.657. The van der Waals surface area contributed by atoms with Crippen molar-refractivity contribution in [3.05, 3.63) is 42.5 Å². The number of hydrogen-bond donors (Lipinski definition) is 3. The van der Waals surface area contributed by atoms with Crippen molar-refractivity contribution >= 4 is 33.2 Å². The Morgan fingerprint density at radius 3 is 2.50 bits per heavy atom. The molecule has 0 aromatic heterocycles. The third-order valence-corrected chi connectivity index (χ3v) is 5.66. The van der Waals surface area contributed by atoms with Crippen molar-refractivity contribution in [1.29, 1.82) is 0 Å². The lowest BCUT2D eigenvalue weighted by atomic mass is 10.2. The highest BCUT2D eigenvalue weighted by atomic mass is 32.2. The fraction of sp³-hybridized carbons (Fsp3) is 0.222. The number of carbonyl (C=O) groups is 2. The number of sulfonamides is 1. The van der Waals surface area contributed by atoms with E-state index in [9.17, 15) is 18.0 Å². The number of amides is 2. The maximum atomic E-state index is 12.6. The van der Waals surface area contributed by atoms with Crippen molar-refractivity contribution < 1.29 is 27.5 Å². The molecule has 0 aliphatic carbocycles. The van der Waals surface area contributed by atoms with E-state index in [1.165, 1.54) is 18.2 Å². The van der Waals surface area contributed by atoms with Crippen LogP contribution in [-0.2, 0) is 19.6 Å². The van der Waals surface area contributed by atoms with Gasteiger partial charge in [-0.2, -0.15) is 0 Å². The van der Waals surface area contributed by atoms with Gasteiger partial charge in [-0.1, -0.05) is 12.1 Å². The number of hydrogen-bond acceptors (Lipinski definition) is 6. The van der Waals surface area contributed by atoms with Gasteiger partial charge in [0.25, 0.3) is 0 Å². The molecule has 2 amide bonds. The zero-order chi connectivity index (χ0) is 19.7. The number of rotatable bonds is 4. The van der Waals surface area contributed by atoms with Crippen LogP contribution in [0.15, 0.2) is 47.4 Å². The van der Waals surface area contributed by atoms with Gasteiger partial charge in [-0.05, 0) is 30.3 Å². The molecule has 0 saturated heterocycles. The maximum absolute atomic E-state index is 12.6. The zero-order valence-electron chi connectivity index (χ0n) is 14.6. The fourth-order valence-electron chi connectivity index (χ4n) is 2.89. The molecule has 1 unspecified atom stereocenters. The molecule has 1 atom stereocenters. The van der Waals surface area contributed by atoms with E-state index in [0.717, 1.165) is 0 Å². The molecule has 0 fully saturated rings. The van der Waals surface area contributed by atoms with Crippen molar-refractivity contribution in [2.24, 2.45) is 0 Å². The Morgan fingerprint density at radius 1 is 1.00 bits per heavy atom. The zero-order valence-corrected chi connectivity index (χ0v) is 15.4. The van der Waals surface area contributed by atoms with Crippen LogP contribution in [0.5, 0.6) is 11.5 Å². The van der Waals surface area contributed by atoms with Crippen LogP contribution in [0.3, 0.4) is 0 Å². The van der Waals surface area contributed by atoms with Gasteiger partial charge in [0, 0.05) is 0 Å². The molecule has 0 radical (unpaired) electrons. The number of carbonyl (C=O) groups excluding carboxylic acids is 2. The lowest BCUT2D eigenvalue weighted by molar-refractivity contribution is -0.123. The normalized spacial score (nSPS) is 18.5. The molecule has 146 valence electrons.